The molecule has 116 heavy (non-hydrogen) atoms. The topological polar surface area (TPSA) is 56.6 Å². The van der Waals surface area contributed by atoms with Gasteiger partial charge < -0.3 is 37.2 Å². The monoisotopic (exact) mass is 1510 g/mol. The Kier molecular flexibility index (Phi) is 20.1. The maximum atomic E-state index is 6.57. The van der Waals surface area contributed by atoms with Gasteiger partial charge in [0.1, 0.15) is 23.0 Å². The molecule has 570 valence electrons. The van der Waals surface area contributed by atoms with Gasteiger partial charge in [-0.25, -0.2) is 0 Å². The van der Waals surface area contributed by atoms with E-state index >= 15 is 0 Å². The van der Waals surface area contributed by atoms with Crippen molar-refractivity contribution in [3.8, 4) is 67.5 Å². The van der Waals surface area contributed by atoms with Gasteiger partial charge in [0.2, 0.25) is 0 Å². The van der Waals surface area contributed by atoms with Gasteiger partial charge in [-0.05, 0) is 263 Å². The van der Waals surface area contributed by atoms with Crippen LogP contribution in [0.2, 0.25) is 0 Å². The van der Waals surface area contributed by atoms with Crippen LogP contribution in [0.15, 0.2) is 328 Å². The first-order valence-corrected chi connectivity index (χ1v) is 42.2. The lowest BCUT2D eigenvalue weighted by atomic mass is 9.82. The third-order valence-corrected chi connectivity index (χ3v) is 24.5. The lowest BCUT2D eigenvalue weighted by molar-refractivity contribution is 0.304. The molecular weight excluding hydrogens is 1420 g/mol. The molecule has 8 nitrogen and oxygen atoms in total. The van der Waals surface area contributed by atoms with Crippen LogP contribution in [0, 0.1) is 0 Å². The Morgan fingerprint density at radius 1 is 0.164 bits per heavy atom. The van der Waals surface area contributed by atoms with Crippen LogP contribution < -0.4 is 18.9 Å². The van der Waals surface area contributed by atoms with Crippen LogP contribution in [0.25, 0.3) is 164 Å². The predicted molar refractivity (Wildman–Crippen MR) is 487 cm³/mol. The van der Waals surface area contributed by atoms with Gasteiger partial charge in [-0.3, -0.25) is 0 Å². The molecule has 0 spiro atoms. The molecule has 4 heterocycles. The highest BCUT2D eigenvalue weighted by molar-refractivity contribution is 6.32. The first kappa shape index (κ1) is 72.0. The highest BCUT2D eigenvalue weighted by atomic mass is 16.5. The van der Waals surface area contributed by atoms with E-state index < -0.39 is 0 Å². The summed E-state index contributed by atoms with van der Waals surface area (Å²) in [7, 11) is 0. The Morgan fingerprint density at radius 2 is 0.345 bits per heavy atom. The van der Waals surface area contributed by atoms with Crippen molar-refractivity contribution in [2.75, 3.05) is 26.4 Å². The highest BCUT2D eigenvalue weighted by Crippen LogP contribution is 2.50. The highest BCUT2D eigenvalue weighted by Gasteiger charge is 2.23. The lowest BCUT2D eigenvalue weighted by Gasteiger charge is -2.22. The summed E-state index contributed by atoms with van der Waals surface area (Å²) in [4.78, 5) is 0. The van der Waals surface area contributed by atoms with Crippen LogP contribution in [0.4, 0.5) is 0 Å². The molecular formula is C108H94N4O4. The smallest absolute Gasteiger partial charge is 0.119 e. The fraction of sp³-hybridized carbons (Fsp3) is 0.185. The van der Waals surface area contributed by atoms with E-state index in [-0.39, 0.29) is 0 Å². The molecule has 0 aliphatic rings. The third kappa shape index (κ3) is 13.9. The molecule has 4 aromatic heterocycles. The molecule has 0 bridgehead atoms. The van der Waals surface area contributed by atoms with Crippen LogP contribution >= 0.6 is 0 Å². The summed E-state index contributed by atoms with van der Waals surface area (Å²) in [5.74, 6) is 3.53. The van der Waals surface area contributed by atoms with Crippen molar-refractivity contribution in [1.82, 2.24) is 18.3 Å². The molecule has 0 N–H and O–H groups in total. The zero-order valence-electron chi connectivity index (χ0n) is 65.7. The van der Waals surface area contributed by atoms with Crippen molar-refractivity contribution in [2.24, 2.45) is 0 Å². The second kappa shape index (κ2) is 32.5. The van der Waals surface area contributed by atoms with Crippen molar-refractivity contribution in [2.45, 2.75) is 103 Å². The van der Waals surface area contributed by atoms with E-state index in [0.717, 1.165) is 148 Å². The molecule has 0 unspecified atom stereocenters. The van der Waals surface area contributed by atoms with Crippen molar-refractivity contribution >= 4 is 120 Å². The summed E-state index contributed by atoms with van der Waals surface area (Å²) in [6.07, 6.45) is 12.5. The second-order valence-corrected chi connectivity index (χ2v) is 31.5. The summed E-state index contributed by atoms with van der Waals surface area (Å²) >= 11 is 0. The summed E-state index contributed by atoms with van der Waals surface area (Å²) in [5.41, 5.74) is 19.7. The van der Waals surface area contributed by atoms with Crippen LogP contribution in [0.1, 0.15) is 77.0 Å². The van der Waals surface area contributed by atoms with Crippen molar-refractivity contribution < 1.29 is 18.9 Å². The number of fused-ring (bicyclic) bond motifs is 12. The van der Waals surface area contributed by atoms with Gasteiger partial charge in [-0.2, -0.15) is 0 Å². The van der Waals surface area contributed by atoms with Gasteiger partial charge in [0.05, 0.1) is 26.4 Å². The summed E-state index contributed by atoms with van der Waals surface area (Å²) in [6, 6.07) is 120. The van der Waals surface area contributed by atoms with Crippen LogP contribution in [0.3, 0.4) is 0 Å². The molecule has 0 aliphatic carbocycles. The molecule has 16 aromatic carbocycles. The molecule has 8 heteroatoms. The molecule has 0 saturated heterocycles. The molecule has 20 rings (SSSR count). The van der Waals surface area contributed by atoms with Crippen LogP contribution in [-0.4, -0.2) is 44.7 Å². The Morgan fingerprint density at radius 3 is 0.534 bits per heavy atom. The minimum atomic E-state index is 0.660. The molecule has 0 saturated carbocycles. The lowest BCUT2D eigenvalue weighted by Crippen LogP contribution is -2.01. The van der Waals surface area contributed by atoms with E-state index in [4.69, 9.17) is 18.9 Å². The number of unbranched alkanes of at least 4 members (excludes halogenated alkanes) is 8. The largest absolute Gasteiger partial charge is 0.494 e. The van der Waals surface area contributed by atoms with Gasteiger partial charge in [0, 0.05) is 113 Å². The molecule has 0 radical (unpaired) electrons. The maximum absolute atomic E-state index is 6.57. The van der Waals surface area contributed by atoms with E-state index in [2.05, 4.69) is 346 Å². The minimum absolute atomic E-state index is 0.660. The van der Waals surface area contributed by atoms with Crippen molar-refractivity contribution in [1.29, 1.82) is 0 Å². The zero-order chi connectivity index (χ0) is 77.1. The number of ether oxygens (including phenoxy) is 4. The first-order valence-electron chi connectivity index (χ1n) is 42.2. The predicted octanol–water partition coefficient (Wildman–Crippen LogP) is 28.7. The van der Waals surface area contributed by atoms with E-state index in [1.54, 1.807) is 0 Å². The average Bonchev–Trinajstić information content (AvgIpc) is 1.21. The Balaban J connectivity index is 0.586. The number of hydrogen-bond acceptors (Lipinski definition) is 4. The normalized spacial score (nSPS) is 12.0. The molecule has 20 aromatic rings. The number of aryl methyl sites for hydroxylation is 4. The van der Waals surface area contributed by atoms with Crippen LogP contribution in [0.5, 0.6) is 23.0 Å². The summed E-state index contributed by atoms with van der Waals surface area (Å²) < 4.78 is 36.3. The SMILES string of the molecule is c1ccc2c(c1)c1ccccc1n2CCCCCOc1ccc(-c2cc(-c3ccc(OCCCCCn4c5ccccc5c5ccccc54)cc3)c3ccc4c(-c5ccc(OCCCCCn6c7ccccc7c7ccccc76)cc5)cc(-c5ccc(OCCCCCn6c7ccccc7c7ccccc76)cc5)c5ccc2c3c54)cc1. The first-order chi connectivity index (χ1) is 57.6. The number of para-hydroxylation sites is 8. The van der Waals surface area contributed by atoms with Crippen molar-refractivity contribution in [3.63, 3.8) is 0 Å². The van der Waals surface area contributed by atoms with E-state index in [9.17, 15) is 0 Å². The van der Waals surface area contributed by atoms with Gasteiger partial charge >= 0.3 is 0 Å². The quantitative estimate of drug-likeness (QED) is 0.0311. The maximum Gasteiger partial charge on any atom is 0.119 e. The summed E-state index contributed by atoms with van der Waals surface area (Å²) in [6.45, 7) is 6.54. The standard InChI is InChI=1S/C108H94N4O4/c1(21-65-109-99-37-13-5-29-83(99)84-30-6-14-38-100(84)109)25-69-113-79-53-45-75(46-54-79)95-73-96(76-47-55-80(56-48-76)114-70-26-2-22-66-110-101-39-15-7-31-85(101)86-32-8-16-40-102(86)110)92-63-64-94-98(78-51-59-82(60-52-78)116-72-28-4-24-68-112-105-43-19-11-35-89(105)90-36-12-20-44-106(90)112)74-97(93-62-61-91(95)107(92)108(93)94)77-49-57-81(58-50-77)115-71-27-3-23-67-111-103-41-17-9-33-87(103)88-34-10-18-42-104(88)111/h5-20,29-64,73-74H,1-4,21-28,65-72H2. The average molecular weight is 1510 g/mol. The van der Waals surface area contributed by atoms with Gasteiger partial charge in [-0.1, -0.05) is 218 Å². The van der Waals surface area contributed by atoms with Gasteiger partial charge in [0.25, 0.3) is 0 Å². The number of benzene rings is 16. The van der Waals surface area contributed by atoms with Gasteiger partial charge in [-0.15, -0.1) is 0 Å². The molecule has 0 atom stereocenters. The van der Waals surface area contributed by atoms with E-state index in [1.165, 1.54) is 142 Å². The Hall–Kier alpha value is -13.0. The van der Waals surface area contributed by atoms with Gasteiger partial charge in [0.15, 0.2) is 0 Å². The molecule has 0 aliphatic heterocycles. The second-order valence-electron chi connectivity index (χ2n) is 31.5. The van der Waals surface area contributed by atoms with Crippen LogP contribution in [-0.2, 0) is 26.2 Å². The fourth-order valence-corrected chi connectivity index (χ4v) is 18.8. The molecule has 0 amide bonds. The number of aromatic nitrogens is 4. The number of rotatable bonds is 32. The van der Waals surface area contributed by atoms with E-state index in [0.29, 0.717) is 26.4 Å². The Labute approximate surface area is 677 Å². The number of hydrogen-bond donors (Lipinski definition) is 0. The number of nitrogens with zero attached hydrogens (tertiary/aromatic N) is 4. The zero-order valence-corrected chi connectivity index (χ0v) is 65.7. The third-order valence-electron chi connectivity index (χ3n) is 24.5. The minimum Gasteiger partial charge on any atom is -0.494 e. The molecule has 0 fully saturated rings. The van der Waals surface area contributed by atoms with Crippen molar-refractivity contribution in [3.05, 3.63) is 328 Å². The Bertz CT molecular complexity index is 5870. The fourth-order valence-electron chi connectivity index (χ4n) is 18.8. The van der Waals surface area contributed by atoms with E-state index in [1.807, 2.05) is 0 Å². The summed E-state index contributed by atoms with van der Waals surface area (Å²) in [5, 5.41) is 17.9.